The van der Waals surface area contributed by atoms with E-state index in [1.165, 1.54) is 23.5 Å². The number of hydrogen-bond acceptors (Lipinski definition) is 6. The zero-order valence-corrected chi connectivity index (χ0v) is 15.1. The van der Waals surface area contributed by atoms with Crippen LogP contribution in [-0.4, -0.2) is 21.9 Å². The van der Waals surface area contributed by atoms with Crippen LogP contribution in [0, 0.1) is 0 Å². The number of carbonyl (C=O) groups excluding carboxylic acids is 1. The zero-order chi connectivity index (χ0) is 18.7. The number of amides is 1. The molecule has 136 valence electrons. The van der Waals surface area contributed by atoms with Crippen molar-refractivity contribution in [2.75, 3.05) is 11.1 Å². The van der Waals surface area contributed by atoms with Gasteiger partial charge < -0.3 is 9.73 Å². The van der Waals surface area contributed by atoms with E-state index in [9.17, 15) is 18.0 Å². The summed E-state index contributed by atoms with van der Waals surface area (Å²) < 4.78 is 43.5. The largest absolute Gasteiger partial charge is 0.416 e. The summed E-state index contributed by atoms with van der Waals surface area (Å²) in [5.74, 6) is -0.144. The molecule has 0 fully saturated rings. The molecule has 26 heavy (non-hydrogen) atoms. The molecule has 0 saturated heterocycles. The van der Waals surface area contributed by atoms with E-state index >= 15 is 0 Å². The van der Waals surface area contributed by atoms with Crippen LogP contribution in [-0.2, 0) is 11.0 Å². The average molecular weight is 420 g/mol. The molecule has 3 aromatic rings. The fourth-order valence-corrected chi connectivity index (χ4v) is 3.39. The molecule has 11 heteroatoms. The van der Waals surface area contributed by atoms with Gasteiger partial charge in [0.2, 0.25) is 5.91 Å². The predicted molar refractivity (Wildman–Crippen MR) is 93.4 cm³/mol. The Morgan fingerprint density at radius 3 is 2.54 bits per heavy atom. The first-order valence-electron chi connectivity index (χ1n) is 7.00. The highest BCUT2D eigenvalue weighted by Gasteiger charge is 2.30. The minimum absolute atomic E-state index is 0.0339. The fraction of sp³-hybridized carbons (Fsp3) is 0.133. The maximum absolute atomic E-state index is 12.5. The monoisotopic (exact) mass is 419 g/mol. The minimum Gasteiger partial charge on any atom is -0.410 e. The van der Waals surface area contributed by atoms with E-state index < -0.39 is 17.6 Å². The van der Waals surface area contributed by atoms with E-state index in [0.717, 1.165) is 23.9 Å². The number of halogens is 4. The van der Waals surface area contributed by atoms with Crippen LogP contribution < -0.4 is 5.32 Å². The summed E-state index contributed by atoms with van der Waals surface area (Å²) >= 11 is 8.14. The molecule has 3 rings (SSSR count). The van der Waals surface area contributed by atoms with E-state index in [4.69, 9.17) is 16.0 Å². The Labute approximate surface area is 158 Å². The number of rotatable bonds is 5. The second-order valence-electron chi connectivity index (χ2n) is 4.89. The Morgan fingerprint density at radius 1 is 1.19 bits per heavy atom. The number of aromatic nitrogens is 2. The summed E-state index contributed by atoms with van der Waals surface area (Å²) in [6.07, 6.45) is -4.42. The average Bonchev–Trinajstić information content (AvgIpc) is 3.21. The second kappa shape index (κ2) is 7.68. The van der Waals surface area contributed by atoms with Crippen LogP contribution in [0.1, 0.15) is 5.56 Å². The molecule has 1 N–H and O–H groups in total. The number of nitrogens with zero attached hydrogens (tertiary/aromatic N) is 2. The van der Waals surface area contributed by atoms with E-state index in [1.54, 1.807) is 12.1 Å². The molecule has 0 bridgehead atoms. The number of hydrogen-bond donors (Lipinski definition) is 1. The van der Waals surface area contributed by atoms with Gasteiger partial charge in [-0.2, -0.15) is 13.2 Å². The van der Waals surface area contributed by atoms with Crippen molar-refractivity contribution in [1.29, 1.82) is 0 Å². The van der Waals surface area contributed by atoms with Crippen molar-refractivity contribution >= 4 is 46.3 Å². The topological polar surface area (TPSA) is 68.0 Å². The molecule has 0 spiro atoms. The van der Waals surface area contributed by atoms with Crippen LogP contribution >= 0.6 is 34.7 Å². The molecule has 0 saturated carbocycles. The summed E-state index contributed by atoms with van der Waals surface area (Å²) in [6, 6.07) is 7.63. The number of anilines is 1. The van der Waals surface area contributed by atoms with Crippen LogP contribution in [0.4, 0.5) is 18.9 Å². The molecule has 0 radical (unpaired) electrons. The predicted octanol–water partition coefficient (Wildman–Crippen LogP) is 5.20. The Balaban J connectivity index is 1.54. The van der Waals surface area contributed by atoms with Crippen molar-refractivity contribution in [3.63, 3.8) is 0 Å². The molecule has 0 atom stereocenters. The van der Waals surface area contributed by atoms with Gasteiger partial charge in [0.05, 0.1) is 20.5 Å². The highest BCUT2D eigenvalue weighted by atomic mass is 35.5. The number of thioether (sulfide) groups is 1. The Bertz CT molecular complexity index is 910. The molecule has 1 aromatic carbocycles. The third-order valence-electron chi connectivity index (χ3n) is 3.01. The van der Waals surface area contributed by atoms with Gasteiger partial charge in [0.1, 0.15) is 0 Å². The van der Waals surface area contributed by atoms with Crippen LogP contribution in [0.5, 0.6) is 0 Å². The highest BCUT2D eigenvalue weighted by Crippen LogP contribution is 2.32. The zero-order valence-electron chi connectivity index (χ0n) is 12.7. The maximum atomic E-state index is 12.5. The van der Waals surface area contributed by atoms with E-state index in [2.05, 4.69) is 15.5 Å². The lowest BCUT2D eigenvalue weighted by Crippen LogP contribution is -2.14. The van der Waals surface area contributed by atoms with Gasteiger partial charge in [0, 0.05) is 5.69 Å². The van der Waals surface area contributed by atoms with Crippen molar-refractivity contribution in [3.05, 3.63) is 46.3 Å². The molecule has 2 aromatic heterocycles. The molecule has 0 aliphatic carbocycles. The maximum Gasteiger partial charge on any atom is 0.416 e. The van der Waals surface area contributed by atoms with Gasteiger partial charge in [-0.15, -0.1) is 21.5 Å². The van der Waals surface area contributed by atoms with Crippen LogP contribution in [0.3, 0.4) is 0 Å². The van der Waals surface area contributed by atoms with E-state index in [0.29, 0.717) is 15.1 Å². The third-order valence-corrected chi connectivity index (χ3v) is 5.05. The van der Waals surface area contributed by atoms with Crippen LogP contribution in [0.2, 0.25) is 4.34 Å². The van der Waals surface area contributed by atoms with Crippen molar-refractivity contribution in [1.82, 2.24) is 10.2 Å². The first-order chi connectivity index (χ1) is 12.3. The summed E-state index contributed by atoms with van der Waals surface area (Å²) in [5, 5.41) is 10.4. The summed E-state index contributed by atoms with van der Waals surface area (Å²) in [4.78, 5) is 12.6. The van der Waals surface area contributed by atoms with Crippen molar-refractivity contribution in [2.45, 2.75) is 11.4 Å². The Hall–Kier alpha value is -2.04. The van der Waals surface area contributed by atoms with E-state index in [1.807, 2.05) is 0 Å². The van der Waals surface area contributed by atoms with Gasteiger partial charge in [-0.1, -0.05) is 23.4 Å². The van der Waals surface area contributed by atoms with Crippen LogP contribution in [0.15, 0.2) is 46.0 Å². The van der Waals surface area contributed by atoms with Gasteiger partial charge in [-0.3, -0.25) is 4.79 Å². The first-order valence-corrected chi connectivity index (χ1v) is 9.18. The van der Waals surface area contributed by atoms with Crippen molar-refractivity contribution in [3.8, 4) is 10.8 Å². The molecule has 0 unspecified atom stereocenters. The number of nitrogens with one attached hydrogen (secondary N) is 1. The van der Waals surface area contributed by atoms with E-state index in [-0.39, 0.29) is 16.7 Å². The van der Waals surface area contributed by atoms with Gasteiger partial charge in [-0.25, -0.2) is 0 Å². The fourth-order valence-electron chi connectivity index (χ4n) is 1.86. The number of benzene rings is 1. The summed E-state index contributed by atoms with van der Waals surface area (Å²) in [5.41, 5.74) is -0.514. The summed E-state index contributed by atoms with van der Waals surface area (Å²) in [6.45, 7) is 0. The molecular weight excluding hydrogens is 411 g/mol. The minimum atomic E-state index is -4.42. The standard InChI is InChI=1S/C15H9ClF3N3O2S2/c16-11-6-5-10(26-11)13-21-22-14(24-13)25-7-12(23)20-9-3-1-8(2-4-9)15(17,18)19/h1-6H,7H2,(H,20,23). The molecule has 0 aliphatic heterocycles. The summed E-state index contributed by atoms with van der Waals surface area (Å²) in [7, 11) is 0. The Kier molecular flexibility index (Phi) is 5.54. The van der Waals surface area contributed by atoms with Crippen molar-refractivity contribution < 1.29 is 22.4 Å². The Morgan fingerprint density at radius 2 is 1.92 bits per heavy atom. The molecule has 1 amide bonds. The van der Waals surface area contributed by atoms with Gasteiger partial charge >= 0.3 is 6.18 Å². The molecule has 0 aliphatic rings. The normalized spacial score (nSPS) is 11.5. The lowest BCUT2D eigenvalue weighted by atomic mass is 10.2. The van der Waals surface area contributed by atoms with Gasteiger partial charge in [0.15, 0.2) is 0 Å². The quantitative estimate of drug-likeness (QED) is 0.575. The van der Waals surface area contributed by atoms with Gasteiger partial charge in [-0.05, 0) is 36.4 Å². The van der Waals surface area contributed by atoms with Crippen LogP contribution in [0.25, 0.3) is 10.8 Å². The smallest absolute Gasteiger partial charge is 0.410 e. The lowest BCUT2D eigenvalue weighted by molar-refractivity contribution is -0.137. The molecule has 2 heterocycles. The lowest BCUT2D eigenvalue weighted by Gasteiger charge is -2.08. The second-order valence-corrected chi connectivity index (χ2v) is 7.53. The molecular formula is C15H9ClF3N3O2S2. The number of thiophene rings is 1. The molecule has 5 nitrogen and oxygen atoms in total. The highest BCUT2D eigenvalue weighted by molar-refractivity contribution is 7.99. The third kappa shape index (κ3) is 4.77. The number of alkyl halides is 3. The SMILES string of the molecule is O=C(CSc1nnc(-c2ccc(Cl)s2)o1)Nc1ccc(C(F)(F)F)cc1. The number of carbonyl (C=O) groups is 1. The first kappa shape index (κ1) is 18.7. The van der Waals surface area contributed by atoms with Crippen molar-refractivity contribution in [2.24, 2.45) is 0 Å². The van der Waals surface area contributed by atoms with Gasteiger partial charge in [0.25, 0.3) is 11.1 Å².